The van der Waals surface area contributed by atoms with Crippen molar-refractivity contribution in [1.82, 2.24) is 4.98 Å². The second kappa shape index (κ2) is 4.16. The first-order valence-electron chi connectivity index (χ1n) is 5.01. The topological polar surface area (TPSA) is 65.6 Å². The number of nitriles is 1. The summed E-state index contributed by atoms with van der Waals surface area (Å²) in [6.45, 7) is 0. The highest BCUT2D eigenvalue weighted by Gasteiger charge is 2.10. The minimum Gasteiger partial charge on any atom is -0.361 e. The van der Waals surface area contributed by atoms with Crippen molar-refractivity contribution in [2.24, 2.45) is 5.73 Å². The van der Waals surface area contributed by atoms with E-state index in [1.54, 1.807) is 0 Å². The summed E-state index contributed by atoms with van der Waals surface area (Å²) < 4.78 is 0. The Kier molecular flexibility index (Phi) is 2.70. The van der Waals surface area contributed by atoms with Crippen molar-refractivity contribution in [3.8, 4) is 6.07 Å². The first-order chi connectivity index (χ1) is 7.33. The number of fused-ring (bicyclic) bond motifs is 1. The summed E-state index contributed by atoms with van der Waals surface area (Å²) in [5.74, 6) is 0. The fourth-order valence-corrected chi connectivity index (χ4v) is 1.78. The van der Waals surface area contributed by atoms with Crippen LogP contribution in [0.4, 0.5) is 0 Å². The lowest BCUT2D eigenvalue weighted by molar-refractivity contribution is 0.670. The van der Waals surface area contributed by atoms with E-state index >= 15 is 0 Å². The van der Waals surface area contributed by atoms with Gasteiger partial charge in [-0.25, -0.2) is 0 Å². The number of hydrogen-bond acceptors (Lipinski definition) is 2. The van der Waals surface area contributed by atoms with E-state index in [-0.39, 0.29) is 6.04 Å². The lowest BCUT2D eigenvalue weighted by Crippen LogP contribution is -2.09. The molecule has 3 heteroatoms. The SMILES string of the molecule is N#CCCC(N)c1c[nH]c2ccccc12. The summed E-state index contributed by atoms with van der Waals surface area (Å²) in [4.78, 5) is 3.18. The molecule has 3 nitrogen and oxygen atoms in total. The van der Waals surface area contributed by atoms with Gasteiger partial charge in [-0.2, -0.15) is 5.26 Å². The van der Waals surface area contributed by atoms with Crippen LogP contribution in [0.15, 0.2) is 30.5 Å². The van der Waals surface area contributed by atoms with Crippen LogP contribution < -0.4 is 5.73 Å². The van der Waals surface area contributed by atoms with Crippen molar-refractivity contribution in [2.75, 3.05) is 0 Å². The summed E-state index contributed by atoms with van der Waals surface area (Å²) in [6, 6.07) is 10.1. The van der Waals surface area contributed by atoms with E-state index in [0.29, 0.717) is 12.8 Å². The summed E-state index contributed by atoms with van der Waals surface area (Å²) in [6.07, 6.45) is 3.14. The molecule has 1 aromatic heterocycles. The van der Waals surface area contributed by atoms with E-state index in [1.807, 2.05) is 30.5 Å². The summed E-state index contributed by atoms with van der Waals surface area (Å²) >= 11 is 0. The molecule has 0 spiro atoms. The molecule has 1 aromatic carbocycles. The Morgan fingerprint density at radius 2 is 2.20 bits per heavy atom. The van der Waals surface area contributed by atoms with Gasteiger partial charge in [-0.1, -0.05) is 18.2 Å². The van der Waals surface area contributed by atoms with Crippen molar-refractivity contribution >= 4 is 10.9 Å². The average Bonchev–Trinajstić information content (AvgIpc) is 2.69. The number of nitrogens with zero attached hydrogens (tertiary/aromatic N) is 1. The molecule has 0 amide bonds. The maximum atomic E-state index is 8.51. The lowest BCUT2D eigenvalue weighted by Gasteiger charge is -2.07. The molecule has 15 heavy (non-hydrogen) atoms. The van der Waals surface area contributed by atoms with Crippen LogP contribution >= 0.6 is 0 Å². The molecule has 0 aliphatic heterocycles. The third-order valence-electron chi connectivity index (χ3n) is 2.59. The molecule has 2 aromatic rings. The molecule has 0 radical (unpaired) electrons. The van der Waals surface area contributed by atoms with Gasteiger partial charge in [0.05, 0.1) is 6.07 Å². The van der Waals surface area contributed by atoms with Crippen LogP contribution in [0.25, 0.3) is 10.9 Å². The summed E-state index contributed by atoms with van der Waals surface area (Å²) in [5, 5.41) is 9.67. The van der Waals surface area contributed by atoms with Gasteiger partial charge >= 0.3 is 0 Å². The zero-order chi connectivity index (χ0) is 10.7. The smallest absolute Gasteiger partial charge is 0.0622 e. The van der Waals surface area contributed by atoms with E-state index in [0.717, 1.165) is 16.5 Å². The summed E-state index contributed by atoms with van der Waals surface area (Å²) in [7, 11) is 0. The second-order valence-corrected chi connectivity index (χ2v) is 3.59. The van der Waals surface area contributed by atoms with Crippen LogP contribution in [0.5, 0.6) is 0 Å². The Hall–Kier alpha value is -1.79. The molecule has 0 saturated heterocycles. The number of para-hydroxylation sites is 1. The molecular weight excluding hydrogens is 186 g/mol. The van der Waals surface area contributed by atoms with Crippen molar-refractivity contribution in [3.05, 3.63) is 36.0 Å². The Bertz CT molecular complexity index is 493. The number of rotatable bonds is 3. The predicted molar refractivity (Wildman–Crippen MR) is 60.1 cm³/mol. The Labute approximate surface area is 88.5 Å². The van der Waals surface area contributed by atoms with Crippen LogP contribution in [0.2, 0.25) is 0 Å². The van der Waals surface area contributed by atoms with Gasteiger partial charge in [-0.15, -0.1) is 0 Å². The van der Waals surface area contributed by atoms with Gasteiger partial charge in [0.25, 0.3) is 0 Å². The van der Waals surface area contributed by atoms with Crippen LogP contribution in [-0.4, -0.2) is 4.98 Å². The number of hydrogen-bond donors (Lipinski definition) is 2. The Morgan fingerprint density at radius 3 is 3.00 bits per heavy atom. The largest absolute Gasteiger partial charge is 0.361 e. The van der Waals surface area contributed by atoms with Gasteiger partial charge in [0.2, 0.25) is 0 Å². The number of aromatic amines is 1. The minimum atomic E-state index is -0.0548. The molecule has 1 unspecified atom stereocenters. The lowest BCUT2D eigenvalue weighted by atomic mass is 10.0. The normalized spacial score (nSPS) is 12.5. The fraction of sp³-hybridized carbons (Fsp3) is 0.250. The summed E-state index contributed by atoms with van der Waals surface area (Å²) in [5.41, 5.74) is 8.22. The molecule has 1 atom stereocenters. The van der Waals surface area contributed by atoms with Gasteiger partial charge in [0.1, 0.15) is 0 Å². The third-order valence-corrected chi connectivity index (χ3v) is 2.59. The van der Waals surface area contributed by atoms with E-state index in [2.05, 4.69) is 11.1 Å². The van der Waals surface area contributed by atoms with Crippen molar-refractivity contribution < 1.29 is 0 Å². The van der Waals surface area contributed by atoms with E-state index in [9.17, 15) is 0 Å². The second-order valence-electron chi connectivity index (χ2n) is 3.59. The highest BCUT2D eigenvalue weighted by atomic mass is 14.7. The monoisotopic (exact) mass is 199 g/mol. The third kappa shape index (κ3) is 1.85. The molecule has 3 N–H and O–H groups in total. The number of nitrogens with one attached hydrogen (secondary N) is 1. The van der Waals surface area contributed by atoms with Crippen molar-refractivity contribution in [3.63, 3.8) is 0 Å². The first kappa shape index (κ1) is 9.75. The molecule has 0 bridgehead atoms. The molecule has 0 aliphatic rings. The van der Waals surface area contributed by atoms with E-state index < -0.39 is 0 Å². The number of nitrogens with two attached hydrogens (primary N) is 1. The van der Waals surface area contributed by atoms with Gasteiger partial charge in [-0.3, -0.25) is 0 Å². The molecule has 0 fully saturated rings. The minimum absolute atomic E-state index is 0.0548. The zero-order valence-corrected chi connectivity index (χ0v) is 8.40. The van der Waals surface area contributed by atoms with Gasteiger partial charge in [0, 0.05) is 29.6 Å². The number of H-pyrrole nitrogens is 1. The van der Waals surface area contributed by atoms with E-state index in [4.69, 9.17) is 11.0 Å². The van der Waals surface area contributed by atoms with Crippen LogP contribution in [-0.2, 0) is 0 Å². The van der Waals surface area contributed by atoms with Crippen molar-refractivity contribution in [1.29, 1.82) is 5.26 Å². The molecular formula is C12H13N3. The highest BCUT2D eigenvalue weighted by molar-refractivity contribution is 5.83. The Morgan fingerprint density at radius 1 is 1.40 bits per heavy atom. The average molecular weight is 199 g/mol. The quantitative estimate of drug-likeness (QED) is 0.797. The molecule has 2 rings (SSSR count). The highest BCUT2D eigenvalue weighted by Crippen LogP contribution is 2.24. The van der Waals surface area contributed by atoms with Crippen LogP contribution in [0, 0.1) is 11.3 Å². The van der Waals surface area contributed by atoms with Crippen molar-refractivity contribution in [2.45, 2.75) is 18.9 Å². The number of aromatic nitrogens is 1. The molecule has 0 saturated carbocycles. The molecule has 76 valence electrons. The molecule has 1 heterocycles. The van der Waals surface area contributed by atoms with Gasteiger partial charge in [-0.05, 0) is 18.1 Å². The maximum Gasteiger partial charge on any atom is 0.0622 e. The number of benzene rings is 1. The van der Waals surface area contributed by atoms with E-state index in [1.165, 1.54) is 0 Å². The zero-order valence-electron chi connectivity index (χ0n) is 8.40. The van der Waals surface area contributed by atoms with Crippen LogP contribution in [0.1, 0.15) is 24.4 Å². The van der Waals surface area contributed by atoms with Gasteiger partial charge < -0.3 is 10.7 Å². The first-order valence-corrected chi connectivity index (χ1v) is 5.01. The predicted octanol–water partition coefficient (Wildman–Crippen LogP) is 2.47. The standard InChI is InChI=1S/C12H13N3/c13-7-3-5-11(14)10-8-15-12-6-2-1-4-9(10)12/h1-2,4,6,8,11,15H,3,5,14H2. The maximum absolute atomic E-state index is 8.51. The van der Waals surface area contributed by atoms with Crippen LogP contribution in [0.3, 0.4) is 0 Å². The molecule has 0 aliphatic carbocycles. The van der Waals surface area contributed by atoms with Gasteiger partial charge in [0.15, 0.2) is 0 Å². The fourth-order valence-electron chi connectivity index (χ4n) is 1.78. The Balaban J connectivity index is 2.32.